The van der Waals surface area contributed by atoms with E-state index in [4.69, 9.17) is 14.3 Å². The molecule has 35 heavy (non-hydrogen) atoms. The summed E-state index contributed by atoms with van der Waals surface area (Å²) < 4.78 is 12.7. The normalized spacial score (nSPS) is 15.3. The monoisotopic (exact) mass is 487 g/mol. The van der Waals surface area contributed by atoms with Gasteiger partial charge in [-0.05, 0) is 42.3 Å². The third-order valence-electron chi connectivity index (χ3n) is 5.87. The van der Waals surface area contributed by atoms with Crippen LogP contribution in [0.1, 0.15) is 30.5 Å². The van der Waals surface area contributed by atoms with Gasteiger partial charge in [-0.15, -0.1) is 10.2 Å². The minimum Gasteiger partial charge on any atom is -0.497 e. The summed E-state index contributed by atoms with van der Waals surface area (Å²) >= 11 is 1.35. The van der Waals surface area contributed by atoms with E-state index in [1.54, 1.807) is 18.4 Å². The molecule has 8 nitrogen and oxygen atoms in total. The van der Waals surface area contributed by atoms with E-state index in [1.165, 1.54) is 11.8 Å². The van der Waals surface area contributed by atoms with Crippen molar-refractivity contribution in [3.63, 3.8) is 0 Å². The summed E-state index contributed by atoms with van der Waals surface area (Å²) in [7, 11) is 1.64. The number of thioether (sulfide) groups is 1. The maximum atomic E-state index is 13.4. The van der Waals surface area contributed by atoms with Gasteiger partial charge in [-0.25, -0.2) is 5.01 Å². The lowest BCUT2D eigenvalue weighted by molar-refractivity contribution is -0.130. The second-order valence-corrected chi connectivity index (χ2v) is 8.90. The quantitative estimate of drug-likeness (QED) is 0.324. The number of ether oxygens (including phenoxy) is 1. The number of carbonyl (C=O) groups excluding carboxylic acids is 1. The highest BCUT2D eigenvalue weighted by molar-refractivity contribution is 7.99. The zero-order valence-electron chi connectivity index (χ0n) is 19.5. The zero-order valence-corrected chi connectivity index (χ0v) is 20.3. The maximum Gasteiger partial charge on any atom is 0.253 e. The molecule has 0 spiro atoms. The van der Waals surface area contributed by atoms with Gasteiger partial charge < -0.3 is 9.15 Å². The predicted octanol–water partition coefficient (Wildman–Crippen LogP) is 5.04. The zero-order chi connectivity index (χ0) is 24.2. The van der Waals surface area contributed by atoms with Crippen LogP contribution in [0.2, 0.25) is 0 Å². The molecule has 1 amide bonds. The lowest BCUT2D eigenvalue weighted by atomic mass is 9.98. The summed E-state index contributed by atoms with van der Waals surface area (Å²) in [6.45, 7) is 2.67. The Labute approximate surface area is 207 Å². The van der Waals surface area contributed by atoms with E-state index in [2.05, 4.69) is 10.2 Å². The van der Waals surface area contributed by atoms with Crippen LogP contribution >= 0.6 is 11.8 Å². The molecule has 4 aromatic rings. The highest BCUT2D eigenvalue weighted by Gasteiger charge is 2.33. The van der Waals surface area contributed by atoms with Gasteiger partial charge in [-0.3, -0.25) is 9.36 Å². The standard InChI is InChI=1S/C26H25N5O3S/c1-3-30-25(23-10-7-15-34-23)27-28-26(30)35-17-24(32)31-22(19-11-13-20(33-2)14-12-19)16-21(29-31)18-8-5-4-6-9-18/h4-15,22H,3,16-17H2,1-2H3. The van der Waals surface area contributed by atoms with E-state index in [1.807, 2.05) is 78.2 Å². The molecule has 1 unspecified atom stereocenters. The number of methoxy groups -OCH3 is 1. The molecule has 2 aromatic heterocycles. The van der Waals surface area contributed by atoms with Crippen LogP contribution in [0.3, 0.4) is 0 Å². The van der Waals surface area contributed by atoms with E-state index >= 15 is 0 Å². The van der Waals surface area contributed by atoms with Gasteiger partial charge in [-0.2, -0.15) is 5.10 Å². The Bertz CT molecular complexity index is 1320. The van der Waals surface area contributed by atoms with Gasteiger partial charge in [0.25, 0.3) is 5.91 Å². The van der Waals surface area contributed by atoms with E-state index in [0.29, 0.717) is 29.7 Å². The number of aromatic nitrogens is 3. The van der Waals surface area contributed by atoms with Crippen molar-refractivity contribution in [2.24, 2.45) is 5.10 Å². The molecule has 0 radical (unpaired) electrons. The molecule has 0 saturated heterocycles. The van der Waals surface area contributed by atoms with Crippen LogP contribution in [0.25, 0.3) is 11.6 Å². The minimum absolute atomic E-state index is 0.0908. The highest BCUT2D eigenvalue weighted by Crippen LogP contribution is 2.34. The van der Waals surface area contributed by atoms with Crippen LogP contribution in [0, 0.1) is 0 Å². The maximum absolute atomic E-state index is 13.4. The fourth-order valence-electron chi connectivity index (χ4n) is 4.09. The Balaban J connectivity index is 1.38. The first kappa shape index (κ1) is 22.9. The van der Waals surface area contributed by atoms with E-state index in [0.717, 1.165) is 22.6 Å². The Morgan fingerprint density at radius 1 is 1.09 bits per heavy atom. The highest BCUT2D eigenvalue weighted by atomic mass is 32.2. The SMILES string of the molecule is CCn1c(SCC(=O)N2N=C(c3ccccc3)CC2c2ccc(OC)cc2)nnc1-c1ccco1. The number of hydrogen-bond acceptors (Lipinski definition) is 7. The number of amides is 1. The van der Waals surface area contributed by atoms with Crippen LogP contribution in [-0.4, -0.2) is 44.3 Å². The molecule has 1 atom stereocenters. The van der Waals surface area contributed by atoms with E-state index in [-0.39, 0.29) is 17.7 Å². The number of rotatable bonds is 8. The first-order valence-corrected chi connectivity index (χ1v) is 12.3. The van der Waals surface area contributed by atoms with Gasteiger partial charge in [0.2, 0.25) is 0 Å². The summed E-state index contributed by atoms with van der Waals surface area (Å²) in [5.74, 6) is 2.17. The first-order chi connectivity index (χ1) is 17.2. The molecule has 1 aliphatic rings. The van der Waals surface area contributed by atoms with Crippen LogP contribution in [0.15, 0.2) is 87.7 Å². The van der Waals surface area contributed by atoms with Gasteiger partial charge >= 0.3 is 0 Å². The number of nitrogens with zero attached hydrogens (tertiary/aromatic N) is 5. The lowest BCUT2D eigenvalue weighted by Crippen LogP contribution is -2.28. The smallest absolute Gasteiger partial charge is 0.253 e. The molecule has 0 bridgehead atoms. The average molecular weight is 488 g/mol. The Morgan fingerprint density at radius 2 is 1.89 bits per heavy atom. The number of hydrazone groups is 1. The van der Waals surface area contributed by atoms with Crippen LogP contribution in [0.5, 0.6) is 5.75 Å². The molecule has 3 heterocycles. The Morgan fingerprint density at radius 3 is 2.57 bits per heavy atom. The number of benzene rings is 2. The molecule has 5 rings (SSSR count). The average Bonchev–Trinajstić information content (AvgIpc) is 3.67. The van der Waals surface area contributed by atoms with Crippen molar-refractivity contribution in [2.75, 3.05) is 12.9 Å². The molecular weight excluding hydrogens is 462 g/mol. The second kappa shape index (κ2) is 10.2. The molecule has 0 fully saturated rings. The minimum atomic E-state index is -0.188. The molecule has 2 aromatic carbocycles. The molecule has 0 N–H and O–H groups in total. The summed E-state index contributed by atoms with van der Waals surface area (Å²) in [5, 5.41) is 15.6. The van der Waals surface area contributed by atoms with Crippen molar-refractivity contribution in [2.45, 2.75) is 31.1 Å². The van der Waals surface area contributed by atoms with Crippen molar-refractivity contribution >= 4 is 23.4 Å². The molecular formula is C26H25N5O3S. The van der Waals surface area contributed by atoms with Crippen LogP contribution in [0.4, 0.5) is 0 Å². The van der Waals surface area contributed by atoms with Crippen LogP contribution in [-0.2, 0) is 11.3 Å². The lowest BCUT2D eigenvalue weighted by Gasteiger charge is -2.22. The first-order valence-electron chi connectivity index (χ1n) is 11.4. The molecule has 0 aliphatic carbocycles. The summed E-state index contributed by atoms with van der Waals surface area (Å²) in [5.41, 5.74) is 2.92. The van der Waals surface area contributed by atoms with Crippen molar-refractivity contribution < 1.29 is 13.9 Å². The third-order valence-corrected chi connectivity index (χ3v) is 6.82. The molecule has 178 valence electrons. The van der Waals surface area contributed by atoms with Gasteiger partial charge in [0.15, 0.2) is 16.7 Å². The molecule has 9 heteroatoms. The Kier molecular flexibility index (Phi) is 6.67. The number of carbonyl (C=O) groups is 1. The van der Waals surface area contributed by atoms with Crippen molar-refractivity contribution in [3.05, 3.63) is 84.1 Å². The second-order valence-electron chi connectivity index (χ2n) is 7.96. The van der Waals surface area contributed by atoms with Crippen molar-refractivity contribution in [3.8, 4) is 17.3 Å². The van der Waals surface area contributed by atoms with Gasteiger partial charge in [-0.1, -0.05) is 54.2 Å². The third kappa shape index (κ3) is 4.72. The molecule has 0 saturated carbocycles. The van der Waals surface area contributed by atoms with E-state index < -0.39 is 0 Å². The summed E-state index contributed by atoms with van der Waals surface area (Å²) in [6.07, 6.45) is 2.25. The predicted molar refractivity (Wildman–Crippen MR) is 134 cm³/mol. The van der Waals surface area contributed by atoms with Gasteiger partial charge in [0.1, 0.15) is 5.75 Å². The molecule has 1 aliphatic heterocycles. The summed E-state index contributed by atoms with van der Waals surface area (Å²) in [4.78, 5) is 13.4. The van der Waals surface area contributed by atoms with Crippen LogP contribution < -0.4 is 4.74 Å². The summed E-state index contributed by atoms with van der Waals surface area (Å²) in [6, 6.07) is 21.2. The number of furan rings is 1. The van der Waals surface area contributed by atoms with Crippen molar-refractivity contribution in [1.29, 1.82) is 0 Å². The topological polar surface area (TPSA) is 85.8 Å². The van der Waals surface area contributed by atoms with Gasteiger partial charge in [0.05, 0.1) is 30.9 Å². The van der Waals surface area contributed by atoms with Crippen molar-refractivity contribution in [1.82, 2.24) is 19.8 Å². The largest absolute Gasteiger partial charge is 0.497 e. The fraction of sp³-hybridized carbons (Fsp3) is 0.231. The van der Waals surface area contributed by atoms with Gasteiger partial charge in [0, 0.05) is 13.0 Å². The fourth-order valence-corrected chi connectivity index (χ4v) is 4.95. The number of hydrogen-bond donors (Lipinski definition) is 0. The Hall–Kier alpha value is -3.85. The van der Waals surface area contributed by atoms with E-state index in [9.17, 15) is 4.79 Å².